The molecule has 0 saturated carbocycles. The summed E-state index contributed by atoms with van der Waals surface area (Å²) in [6, 6.07) is 3.38. The van der Waals surface area contributed by atoms with Gasteiger partial charge in [0.2, 0.25) is 0 Å². The quantitative estimate of drug-likeness (QED) is 0.796. The van der Waals surface area contributed by atoms with Gasteiger partial charge in [-0.05, 0) is 24.1 Å². The monoisotopic (exact) mass is 299 g/mol. The van der Waals surface area contributed by atoms with Gasteiger partial charge in [0.15, 0.2) is 5.03 Å². The van der Waals surface area contributed by atoms with Crippen LogP contribution in [0, 0.1) is 5.92 Å². The van der Waals surface area contributed by atoms with Crippen LogP contribution in [0.1, 0.15) is 32.8 Å². The molecule has 0 amide bonds. The zero-order valence-corrected chi connectivity index (χ0v) is 13.6. The van der Waals surface area contributed by atoms with E-state index in [0.717, 1.165) is 18.5 Å². The van der Waals surface area contributed by atoms with E-state index in [9.17, 15) is 8.42 Å². The fraction of sp³-hybridized carbons (Fsp3) is 0.643. The number of aromatic nitrogens is 1. The summed E-state index contributed by atoms with van der Waals surface area (Å²) in [5.74, 6) is 0.336. The van der Waals surface area contributed by atoms with Crippen LogP contribution in [-0.2, 0) is 16.6 Å². The fourth-order valence-corrected chi connectivity index (χ4v) is 2.96. The van der Waals surface area contributed by atoms with Gasteiger partial charge in [-0.25, -0.2) is 13.4 Å². The van der Waals surface area contributed by atoms with Crippen molar-refractivity contribution in [1.29, 1.82) is 0 Å². The SMILES string of the molecule is CCNCc1ccc(S(=O)(=O)N(C)CC(C)CC)nc1. The van der Waals surface area contributed by atoms with Crippen molar-refractivity contribution in [3.05, 3.63) is 23.9 Å². The van der Waals surface area contributed by atoms with E-state index in [1.165, 1.54) is 4.31 Å². The van der Waals surface area contributed by atoms with E-state index in [2.05, 4.69) is 17.2 Å². The summed E-state index contributed by atoms with van der Waals surface area (Å²) >= 11 is 0. The van der Waals surface area contributed by atoms with Gasteiger partial charge in [0.1, 0.15) is 0 Å². The van der Waals surface area contributed by atoms with Crippen LogP contribution in [0.5, 0.6) is 0 Å². The molecule has 1 aromatic rings. The lowest BCUT2D eigenvalue weighted by atomic mass is 10.1. The van der Waals surface area contributed by atoms with Gasteiger partial charge in [0.05, 0.1) is 0 Å². The molecule has 0 aliphatic rings. The second-order valence-corrected chi connectivity index (χ2v) is 7.08. The van der Waals surface area contributed by atoms with Crippen LogP contribution in [-0.4, -0.2) is 37.8 Å². The van der Waals surface area contributed by atoms with E-state index in [-0.39, 0.29) is 5.03 Å². The molecule has 1 atom stereocenters. The Hall–Kier alpha value is -0.980. The molecule has 0 saturated heterocycles. The first-order valence-corrected chi connectivity index (χ1v) is 8.47. The molecule has 1 aromatic heterocycles. The Morgan fingerprint density at radius 2 is 2.05 bits per heavy atom. The molecule has 0 aromatic carbocycles. The number of hydrogen-bond acceptors (Lipinski definition) is 4. The highest BCUT2D eigenvalue weighted by atomic mass is 32.2. The van der Waals surface area contributed by atoms with Crippen molar-refractivity contribution in [2.24, 2.45) is 5.92 Å². The largest absolute Gasteiger partial charge is 0.313 e. The third-order valence-electron chi connectivity index (χ3n) is 3.32. The molecule has 5 nitrogen and oxygen atoms in total. The lowest BCUT2D eigenvalue weighted by molar-refractivity contribution is 0.392. The highest BCUT2D eigenvalue weighted by Crippen LogP contribution is 2.14. The van der Waals surface area contributed by atoms with Crippen LogP contribution in [0.3, 0.4) is 0 Å². The van der Waals surface area contributed by atoms with Crippen LogP contribution in [0.15, 0.2) is 23.4 Å². The highest BCUT2D eigenvalue weighted by molar-refractivity contribution is 7.89. The van der Waals surface area contributed by atoms with Crippen molar-refractivity contribution in [1.82, 2.24) is 14.6 Å². The number of rotatable bonds is 8. The molecule has 6 heteroatoms. The van der Waals surface area contributed by atoms with Crippen molar-refractivity contribution < 1.29 is 8.42 Å². The minimum atomic E-state index is -3.48. The minimum Gasteiger partial charge on any atom is -0.313 e. The van der Waals surface area contributed by atoms with Gasteiger partial charge < -0.3 is 5.32 Å². The van der Waals surface area contributed by atoms with Gasteiger partial charge in [-0.2, -0.15) is 4.31 Å². The fourth-order valence-electron chi connectivity index (χ4n) is 1.76. The molecule has 114 valence electrons. The molecular weight excluding hydrogens is 274 g/mol. The predicted octanol–water partition coefficient (Wildman–Crippen LogP) is 1.86. The summed E-state index contributed by atoms with van der Waals surface area (Å²) < 4.78 is 26.1. The van der Waals surface area contributed by atoms with Gasteiger partial charge in [-0.1, -0.05) is 33.3 Å². The third-order valence-corrected chi connectivity index (χ3v) is 5.06. The second-order valence-electron chi connectivity index (χ2n) is 5.08. The maximum Gasteiger partial charge on any atom is 0.260 e. The molecule has 0 aliphatic carbocycles. The molecule has 0 fully saturated rings. The number of sulfonamides is 1. The average Bonchev–Trinajstić information content (AvgIpc) is 2.45. The normalized spacial score (nSPS) is 13.7. The lowest BCUT2D eigenvalue weighted by Crippen LogP contribution is -2.31. The summed E-state index contributed by atoms with van der Waals surface area (Å²) in [7, 11) is -1.87. The first kappa shape index (κ1) is 17.1. The van der Waals surface area contributed by atoms with E-state index in [1.54, 1.807) is 25.4 Å². The first-order valence-electron chi connectivity index (χ1n) is 7.03. The maximum atomic E-state index is 12.4. The number of hydrogen-bond donors (Lipinski definition) is 1. The third kappa shape index (κ3) is 4.54. The van der Waals surface area contributed by atoms with Gasteiger partial charge in [-0.15, -0.1) is 0 Å². The molecule has 0 spiro atoms. The van der Waals surface area contributed by atoms with Crippen molar-refractivity contribution in [3.8, 4) is 0 Å². The number of pyridine rings is 1. The van der Waals surface area contributed by atoms with Crippen LogP contribution in [0.25, 0.3) is 0 Å². The van der Waals surface area contributed by atoms with Gasteiger partial charge in [0, 0.05) is 26.3 Å². The smallest absolute Gasteiger partial charge is 0.260 e. The molecule has 0 radical (unpaired) electrons. The van der Waals surface area contributed by atoms with Gasteiger partial charge in [-0.3, -0.25) is 0 Å². The Balaban J connectivity index is 2.81. The van der Waals surface area contributed by atoms with Crippen molar-refractivity contribution in [2.45, 2.75) is 38.8 Å². The van der Waals surface area contributed by atoms with Crippen LogP contribution in [0.2, 0.25) is 0 Å². The van der Waals surface area contributed by atoms with Crippen LogP contribution < -0.4 is 5.32 Å². The summed E-state index contributed by atoms with van der Waals surface area (Å²) in [6.45, 7) is 8.21. The Bertz CT molecular complexity index is 500. The van der Waals surface area contributed by atoms with E-state index in [1.807, 2.05) is 13.8 Å². The minimum absolute atomic E-state index is 0.114. The standard InChI is InChI=1S/C14H25N3O2S/c1-5-12(3)11-17(4)20(18,19)14-8-7-13(10-16-14)9-15-6-2/h7-8,10,12,15H,5-6,9,11H2,1-4H3. The predicted molar refractivity (Wildman–Crippen MR) is 80.9 cm³/mol. The van der Waals surface area contributed by atoms with Crippen LogP contribution >= 0.6 is 0 Å². The van der Waals surface area contributed by atoms with Crippen molar-refractivity contribution >= 4 is 10.0 Å². The lowest BCUT2D eigenvalue weighted by Gasteiger charge is -2.20. The van der Waals surface area contributed by atoms with Crippen molar-refractivity contribution in [2.75, 3.05) is 20.1 Å². The first-order chi connectivity index (χ1) is 9.41. The van der Waals surface area contributed by atoms with E-state index in [0.29, 0.717) is 19.0 Å². The van der Waals surface area contributed by atoms with E-state index in [4.69, 9.17) is 0 Å². The van der Waals surface area contributed by atoms with Crippen molar-refractivity contribution in [3.63, 3.8) is 0 Å². The van der Waals surface area contributed by atoms with E-state index < -0.39 is 10.0 Å². The molecule has 0 aliphatic heterocycles. The van der Waals surface area contributed by atoms with Crippen LogP contribution in [0.4, 0.5) is 0 Å². The molecule has 0 bridgehead atoms. The zero-order valence-electron chi connectivity index (χ0n) is 12.8. The Morgan fingerprint density at radius 3 is 2.55 bits per heavy atom. The summed E-state index contributed by atoms with van der Waals surface area (Å²) in [5.41, 5.74) is 0.982. The van der Waals surface area contributed by atoms with Gasteiger partial charge >= 0.3 is 0 Å². The summed E-state index contributed by atoms with van der Waals surface area (Å²) in [6.07, 6.45) is 2.57. The van der Waals surface area contributed by atoms with E-state index >= 15 is 0 Å². The Morgan fingerprint density at radius 1 is 1.35 bits per heavy atom. The second kappa shape index (κ2) is 7.71. The Labute approximate surface area is 122 Å². The molecule has 20 heavy (non-hydrogen) atoms. The van der Waals surface area contributed by atoms with Gasteiger partial charge in [0.25, 0.3) is 10.0 Å². The summed E-state index contributed by atoms with van der Waals surface area (Å²) in [4.78, 5) is 4.09. The maximum absolute atomic E-state index is 12.4. The summed E-state index contributed by atoms with van der Waals surface area (Å²) in [5, 5.41) is 3.29. The molecule has 1 rings (SSSR count). The Kier molecular flexibility index (Phi) is 6.58. The number of nitrogens with one attached hydrogen (secondary N) is 1. The molecule has 1 unspecified atom stereocenters. The number of nitrogens with zero attached hydrogens (tertiary/aromatic N) is 2. The molecule has 1 N–H and O–H groups in total. The molecule has 1 heterocycles. The average molecular weight is 299 g/mol. The zero-order chi connectivity index (χ0) is 15.2. The topological polar surface area (TPSA) is 62.3 Å². The highest BCUT2D eigenvalue weighted by Gasteiger charge is 2.23. The molecular formula is C14H25N3O2S.